The summed E-state index contributed by atoms with van der Waals surface area (Å²) in [5.41, 5.74) is 2.79. The van der Waals surface area contributed by atoms with E-state index in [1.165, 1.54) is 12.1 Å². The summed E-state index contributed by atoms with van der Waals surface area (Å²) in [5, 5.41) is 9.94. The zero-order valence-electron chi connectivity index (χ0n) is 12.3. The van der Waals surface area contributed by atoms with Crippen molar-refractivity contribution in [2.45, 2.75) is 25.7 Å². The number of nitrogens with zero attached hydrogens (tertiary/aromatic N) is 1. The van der Waals surface area contributed by atoms with Crippen LogP contribution in [0.5, 0.6) is 11.5 Å². The third-order valence-corrected chi connectivity index (χ3v) is 3.85. The van der Waals surface area contributed by atoms with Crippen LogP contribution in [0.15, 0.2) is 42.5 Å². The van der Waals surface area contributed by atoms with Crippen LogP contribution in [0.1, 0.15) is 17.5 Å². The molecule has 0 unspecified atom stereocenters. The number of aromatic hydroxyl groups is 1. The standard InChI is InChI=1S/C17H16F3NO2/c18-17(19,20)23-13-8-6-12(7-9-13)11-21-10-2-3-14-15(21)4-1-5-16(14)22/h1,4-9,22H,2-3,10-11H2. The molecule has 3 rings (SSSR count). The van der Waals surface area contributed by atoms with E-state index in [0.29, 0.717) is 12.3 Å². The summed E-state index contributed by atoms with van der Waals surface area (Å²) < 4.78 is 40.4. The van der Waals surface area contributed by atoms with Gasteiger partial charge >= 0.3 is 6.36 Å². The van der Waals surface area contributed by atoms with Gasteiger partial charge in [0, 0.05) is 24.3 Å². The highest BCUT2D eigenvalue weighted by Gasteiger charge is 2.31. The molecule has 1 heterocycles. The summed E-state index contributed by atoms with van der Waals surface area (Å²) in [7, 11) is 0. The highest BCUT2D eigenvalue weighted by atomic mass is 19.4. The molecule has 0 spiro atoms. The lowest BCUT2D eigenvalue weighted by atomic mass is 10.00. The van der Waals surface area contributed by atoms with E-state index < -0.39 is 6.36 Å². The van der Waals surface area contributed by atoms with E-state index >= 15 is 0 Å². The van der Waals surface area contributed by atoms with E-state index in [4.69, 9.17) is 0 Å². The van der Waals surface area contributed by atoms with E-state index in [2.05, 4.69) is 9.64 Å². The first kappa shape index (κ1) is 15.5. The molecule has 0 aliphatic carbocycles. The second-order valence-corrected chi connectivity index (χ2v) is 5.49. The van der Waals surface area contributed by atoms with Gasteiger partial charge in [-0.1, -0.05) is 18.2 Å². The van der Waals surface area contributed by atoms with E-state index in [1.54, 1.807) is 24.3 Å². The summed E-state index contributed by atoms with van der Waals surface area (Å²) >= 11 is 0. The van der Waals surface area contributed by atoms with Crippen molar-refractivity contribution in [2.24, 2.45) is 0 Å². The first-order valence-corrected chi connectivity index (χ1v) is 7.33. The Morgan fingerprint density at radius 3 is 2.52 bits per heavy atom. The van der Waals surface area contributed by atoms with Crippen LogP contribution in [0.3, 0.4) is 0 Å². The van der Waals surface area contributed by atoms with Crippen molar-refractivity contribution in [3.8, 4) is 11.5 Å². The molecule has 6 heteroatoms. The molecule has 0 aromatic heterocycles. The van der Waals surface area contributed by atoms with E-state index in [0.717, 1.165) is 36.2 Å². The van der Waals surface area contributed by atoms with Crippen molar-refractivity contribution in [3.63, 3.8) is 0 Å². The van der Waals surface area contributed by atoms with Gasteiger partial charge < -0.3 is 14.7 Å². The molecule has 0 amide bonds. The molecule has 0 radical (unpaired) electrons. The van der Waals surface area contributed by atoms with Crippen LogP contribution in [-0.2, 0) is 13.0 Å². The monoisotopic (exact) mass is 323 g/mol. The maximum Gasteiger partial charge on any atom is 0.573 e. The number of alkyl halides is 3. The minimum Gasteiger partial charge on any atom is -0.508 e. The predicted molar refractivity (Wildman–Crippen MR) is 80.6 cm³/mol. The number of halogens is 3. The molecular weight excluding hydrogens is 307 g/mol. The van der Waals surface area contributed by atoms with Crippen molar-refractivity contribution < 1.29 is 23.0 Å². The van der Waals surface area contributed by atoms with Crippen LogP contribution in [0, 0.1) is 0 Å². The predicted octanol–water partition coefficient (Wildman–Crippen LogP) is 4.24. The summed E-state index contributed by atoms with van der Waals surface area (Å²) in [6.45, 7) is 1.42. The van der Waals surface area contributed by atoms with Crippen LogP contribution >= 0.6 is 0 Å². The van der Waals surface area contributed by atoms with Crippen molar-refractivity contribution in [1.29, 1.82) is 0 Å². The van der Waals surface area contributed by atoms with Crippen molar-refractivity contribution >= 4 is 5.69 Å². The molecule has 1 aliphatic heterocycles. The Kier molecular flexibility index (Phi) is 4.07. The fraction of sp³-hybridized carbons (Fsp3) is 0.294. The molecule has 1 N–H and O–H groups in total. The Bertz CT molecular complexity index is 683. The van der Waals surface area contributed by atoms with Crippen LogP contribution in [0.2, 0.25) is 0 Å². The largest absolute Gasteiger partial charge is 0.573 e. The highest BCUT2D eigenvalue weighted by Crippen LogP contribution is 2.34. The lowest BCUT2D eigenvalue weighted by molar-refractivity contribution is -0.274. The average molecular weight is 323 g/mol. The van der Waals surface area contributed by atoms with E-state index in [9.17, 15) is 18.3 Å². The molecule has 0 saturated carbocycles. The number of benzene rings is 2. The van der Waals surface area contributed by atoms with Crippen LogP contribution in [0.4, 0.5) is 18.9 Å². The maximum absolute atomic E-state index is 12.2. The SMILES string of the molecule is Oc1cccc2c1CCCN2Cc1ccc(OC(F)(F)F)cc1. The number of fused-ring (bicyclic) bond motifs is 1. The molecule has 1 aliphatic rings. The highest BCUT2D eigenvalue weighted by molar-refractivity contribution is 5.60. The molecule has 0 fully saturated rings. The summed E-state index contributed by atoms with van der Waals surface area (Å²) in [6.07, 6.45) is -2.92. The Morgan fingerprint density at radius 2 is 1.83 bits per heavy atom. The van der Waals surface area contributed by atoms with Crippen molar-refractivity contribution in [3.05, 3.63) is 53.6 Å². The fourth-order valence-corrected chi connectivity index (χ4v) is 2.86. The molecule has 23 heavy (non-hydrogen) atoms. The lowest BCUT2D eigenvalue weighted by Gasteiger charge is -2.31. The van der Waals surface area contributed by atoms with Gasteiger partial charge in [-0.05, 0) is 42.7 Å². The molecule has 0 atom stereocenters. The minimum absolute atomic E-state index is 0.224. The van der Waals surface area contributed by atoms with Gasteiger partial charge in [0.2, 0.25) is 0 Å². The van der Waals surface area contributed by atoms with Gasteiger partial charge in [0.15, 0.2) is 0 Å². The van der Waals surface area contributed by atoms with Gasteiger partial charge in [-0.3, -0.25) is 0 Å². The van der Waals surface area contributed by atoms with Gasteiger partial charge in [-0.25, -0.2) is 0 Å². The average Bonchev–Trinajstić information content (AvgIpc) is 2.49. The molecule has 2 aromatic rings. The zero-order chi connectivity index (χ0) is 16.4. The molecular formula is C17H16F3NO2. The normalized spacial score (nSPS) is 14.5. The van der Waals surface area contributed by atoms with Gasteiger partial charge in [0.25, 0.3) is 0 Å². The molecule has 3 nitrogen and oxygen atoms in total. The fourth-order valence-electron chi connectivity index (χ4n) is 2.86. The maximum atomic E-state index is 12.2. The second kappa shape index (κ2) is 6.02. The number of hydrogen-bond acceptors (Lipinski definition) is 3. The summed E-state index contributed by atoms with van der Waals surface area (Å²) in [5.74, 6) is 0.0686. The van der Waals surface area contributed by atoms with Gasteiger partial charge in [0.1, 0.15) is 11.5 Å². The molecule has 2 aromatic carbocycles. The van der Waals surface area contributed by atoms with Gasteiger partial charge in [-0.15, -0.1) is 13.2 Å². The van der Waals surface area contributed by atoms with Crippen molar-refractivity contribution in [2.75, 3.05) is 11.4 Å². The Balaban J connectivity index is 1.75. The second-order valence-electron chi connectivity index (χ2n) is 5.49. The number of ether oxygens (including phenoxy) is 1. The first-order valence-electron chi connectivity index (χ1n) is 7.33. The molecule has 0 saturated heterocycles. The number of hydrogen-bond donors (Lipinski definition) is 1. The topological polar surface area (TPSA) is 32.7 Å². The third kappa shape index (κ3) is 3.70. The van der Waals surface area contributed by atoms with Gasteiger partial charge in [0.05, 0.1) is 0 Å². The number of phenols is 1. The van der Waals surface area contributed by atoms with Crippen LogP contribution < -0.4 is 9.64 Å². The van der Waals surface area contributed by atoms with Crippen molar-refractivity contribution in [1.82, 2.24) is 0 Å². The quantitative estimate of drug-likeness (QED) is 0.917. The zero-order valence-corrected chi connectivity index (χ0v) is 12.3. The van der Waals surface area contributed by atoms with Crippen LogP contribution in [0.25, 0.3) is 0 Å². The number of anilines is 1. The summed E-state index contributed by atoms with van der Waals surface area (Å²) in [6, 6.07) is 11.3. The van der Waals surface area contributed by atoms with E-state index in [1.807, 2.05) is 6.07 Å². The Morgan fingerprint density at radius 1 is 1.09 bits per heavy atom. The Labute approximate surface area is 131 Å². The van der Waals surface area contributed by atoms with Crippen LogP contribution in [-0.4, -0.2) is 18.0 Å². The van der Waals surface area contributed by atoms with E-state index in [-0.39, 0.29) is 5.75 Å². The third-order valence-electron chi connectivity index (χ3n) is 3.85. The Hall–Kier alpha value is -2.37. The summed E-state index contributed by atoms with van der Waals surface area (Å²) in [4.78, 5) is 2.12. The number of phenolic OH excluding ortho intramolecular Hbond substituents is 1. The minimum atomic E-state index is -4.68. The molecule has 0 bridgehead atoms. The smallest absolute Gasteiger partial charge is 0.508 e. The lowest BCUT2D eigenvalue weighted by Crippen LogP contribution is -2.28. The number of rotatable bonds is 3. The molecule has 122 valence electrons. The van der Waals surface area contributed by atoms with Gasteiger partial charge in [-0.2, -0.15) is 0 Å². The first-order chi connectivity index (χ1) is 10.9.